The van der Waals surface area contributed by atoms with Crippen LogP contribution in [0.4, 0.5) is 5.82 Å². The summed E-state index contributed by atoms with van der Waals surface area (Å²) in [5.74, 6) is 2.76. The van der Waals surface area contributed by atoms with Crippen molar-refractivity contribution in [3.63, 3.8) is 0 Å². The normalized spacial score (nSPS) is 22.2. The summed E-state index contributed by atoms with van der Waals surface area (Å²) in [4.78, 5) is 27.5. The van der Waals surface area contributed by atoms with Crippen molar-refractivity contribution in [1.82, 2.24) is 14.9 Å². The van der Waals surface area contributed by atoms with E-state index in [0.29, 0.717) is 35.6 Å². The van der Waals surface area contributed by atoms with Gasteiger partial charge in [0, 0.05) is 43.7 Å². The van der Waals surface area contributed by atoms with Crippen LogP contribution in [-0.2, 0) is 4.79 Å². The van der Waals surface area contributed by atoms with E-state index in [1.807, 2.05) is 18.3 Å². The number of carbonyl (C=O) groups is 1. The highest BCUT2D eigenvalue weighted by Gasteiger charge is 2.42. The number of carbonyl (C=O) groups excluding carboxylic acids is 1. The Morgan fingerprint density at radius 3 is 2.65 bits per heavy atom. The third-order valence-electron chi connectivity index (χ3n) is 8.95. The maximum atomic E-state index is 13.3. The summed E-state index contributed by atoms with van der Waals surface area (Å²) in [6.45, 7) is 8.19. The average molecular weight is 496 g/mol. The number of amides is 1. The second-order valence-corrected chi connectivity index (χ2v) is 11.5. The Morgan fingerprint density at radius 1 is 1.19 bits per heavy atom. The van der Waals surface area contributed by atoms with E-state index in [0.717, 1.165) is 66.4 Å². The van der Waals surface area contributed by atoms with Crippen LogP contribution < -0.4 is 4.90 Å². The molecule has 2 aromatic heterocycles. The fraction of sp³-hybridized carbons (Fsp3) is 0.548. The minimum atomic E-state index is 0.232. The molecule has 1 unspecified atom stereocenters. The molecule has 3 aliphatic carbocycles. The molecule has 2 aromatic rings. The highest BCUT2D eigenvalue weighted by molar-refractivity contribution is 5.79. The molecule has 1 atom stereocenters. The zero-order valence-electron chi connectivity index (χ0n) is 22.0. The summed E-state index contributed by atoms with van der Waals surface area (Å²) in [6.07, 6.45) is 13.9. The molecule has 6 rings (SSSR count). The molecule has 6 heteroatoms. The minimum absolute atomic E-state index is 0.232. The number of nitriles is 1. The van der Waals surface area contributed by atoms with Crippen molar-refractivity contribution in [2.45, 2.75) is 76.7 Å². The Hall–Kier alpha value is -3.20. The van der Waals surface area contributed by atoms with Crippen LogP contribution in [-0.4, -0.2) is 46.5 Å². The maximum absolute atomic E-state index is 13.3. The zero-order valence-corrected chi connectivity index (χ0v) is 22.0. The van der Waals surface area contributed by atoms with Crippen LogP contribution in [0.1, 0.15) is 86.2 Å². The summed E-state index contributed by atoms with van der Waals surface area (Å²) in [7, 11) is 0. The molecular weight excluding hydrogens is 458 g/mol. The quantitative estimate of drug-likeness (QED) is 0.482. The molecule has 1 amide bonds. The monoisotopic (exact) mass is 495 g/mol. The second-order valence-electron chi connectivity index (χ2n) is 11.5. The third kappa shape index (κ3) is 4.77. The van der Waals surface area contributed by atoms with Crippen molar-refractivity contribution in [2.75, 3.05) is 24.5 Å². The van der Waals surface area contributed by atoms with E-state index < -0.39 is 0 Å². The average Bonchev–Trinajstić information content (AvgIpc) is 3.86. The van der Waals surface area contributed by atoms with E-state index in [2.05, 4.69) is 34.4 Å². The van der Waals surface area contributed by atoms with E-state index >= 15 is 0 Å². The summed E-state index contributed by atoms with van der Waals surface area (Å²) >= 11 is 0. The van der Waals surface area contributed by atoms with Gasteiger partial charge in [-0.3, -0.25) is 9.78 Å². The van der Waals surface area contributed by atoms with Crippen LogP contribution >= 0.6 is 0 Å². The van der Waals surface area contributed by atoms with E-state index in [9.17, 15) is 10.1 Å². The highest BCUT2D eigenvalue weighted by Crippen LogP contribution is 2.47. The van der Waals surface area contributed by atoms with Gasteiger partial charge in [-0.1, -0.05) is 19.4 Å². The van der Waals surface area contributed by atoms with Crippen molar-refractivity contribution >= 4 is 17.8 Å². The Balaban J connectivity index is 1.32. The fourth-order valence-electron chi connectivity index (χ4n) is 6.58. The molecule has 0 radical (unpaired) electrons. The molecule has 0 bridgehead atoms. The number of anilines is 1. The van der Waals surface area contributed by atoms with Gasteiger partial charge in [0.1, 0.15) is 11.9 Å². The third-order valence-corrected chi connectivity index (χ3v) is 8.95. The molecule has 6 nitrogen and oxygen atoms in total. The number of nitrogens with zero attached hydrogens (tertiary/aromatic N) is 5. The Kier molecular flexibility index (Phi) is 6.48. The summed E-state index contributed by atoms with van der Waals surface area (Å²) in [6, 6.07) is 6.80. The smallest absolute Gasteiger partial charge is 0.223 e. The van der Waals surface area contributed by atoms with Crippen molar-refractivity contribution in [2.24, 2.45) is 11.8 Å². The largest absolute Gasteiger partial charge is 0.352 e. The number of pyridine rings is 2. The zero-order chi connectivity index (χ0) is 25.5. The van der Waals surface area contributed by atoms with Gasteiger partial charge < -0.3 is 9.80 Å². The first kappa shape index (κ1) is 24.2. The molecular formula is C31H37N5O. The summed E-state index contributed by atoms with van der Waals surface area (Å²) in [5.41, 5.74) is 5.73. The molecule has 0 spiro atoms. The molecule has 192 valence electrons. The van der Waals surface area contributed by atoms with Crippen LogP contribution in [0.25, 0.3) is 17.2 Å². The highest BCUT2D eigenvalue weighted by atomic mass is 16.2. The lowest BCUT2D eigenvalue weighted by Crippen LogP contribution is -2.56. The lowest BCUT2D eigenvalue weighted by molar-refractivity contribution is -0.135. The van der Waals surface area contributed by atoms with Crippen molar-refractivity contribution in [3.05, 3.63) is 47.4 Å². The molecule has 0 aromatic carbocycles. The summed E-state index contributed by atoms with van der Waals surface area (Å²) in [5, 5.41) is 10.3. The standard InChI is InChI=1S/C31H37N5O/c1-3-25-17-24(12-13-33-25)29-20(2)26(18-32)31(34-30(29)23-10-11-23)35-14-15-36(27(19-35)22-8-9-22)28(37)16-21-6-4-5-7-21/h3,12-13,17,21-23,27H,1,4-11,14-16,19H2,2H3. The Labute approximate surface area is 220 Å². The van der Waals surface area contributed by atoms with Gasteiger partial charge in [-0.2, -0.15) is 5.26 Å². The number of rotatable bonds is 7. The molecule has 0 N–H and O–H groups in total. The maximum Gasteiger partial charge on any atom is 0.223 e. The SMILES string of the molecule is C=Cc1cc(-c2c(C3CC3)nc(N3CCN(C(=O)CC4CCCC4)C(C4CC4)C3)c(C#N)c2C)ccn1. The fourth-order valence-corrected chi connectivity index (χ4v) is 6.58. The van der Waals surface area contributed by atoms with Crippen LogP contribution in [0.5, 0.6) is 0 Å². The van der Waals surface area contributed by atoms with E-state index in [1.165, 1.54) is 38.5 Å². The topological polar surface area (TPSA) is 73.1 Å². The van der Waals surface area contributed by atoms with Crippen LogP contribution in [0.2, 0.25) is 0 Å². The van der Waals surface area contributed by atoms with Crippen LogP contribution in [0, 0.1) is 30.1 Å². The number of hydrogen-bond donors (Lipinski definition) is 0. The first-order valence-corrected chi connectivity index (χ1v) is 14.1. The van der Waals surface area contributed by atoms with Gasteiger partial charge in [0.05, 0.1) is 23.0 Å². The van der Waals surface area contributed by atoms with Gasteiger partial charge in [-0.05, 0) is 86.6 Å². The van der Waals surface area contributed by atoms with Crippen LogP contribution in [0.3, 0.4) is 0 Å². The molecule has 4 fully saturated rings. The van der Waals surface area contributed by atoms with Gasteiger partial charge in [-0.25, -0.2) is 4.98 Å². The first-order chi connectivity index (χ1) is 18.1. The lowest BCUT2D eigenvalue weighted by Gasteiger charge is -2.43. The van der Waals surface area contributed by atoms with Gasteiger partial charge in [0.2, 0.25) is 5.91 Å². The predicted molar refractivity (Wildman–Crippen MR) is 146 cm³/mol. The Morgan fingerprint density at radius 2 is 1.97 bits per heavy atom. The van der Waals surface area contributed by atoms with E-state index in [1.54, 1.807) is 6.08 Å². The lowest BCUT2D eigenvalue weighted by atomic mass is 9.93. The Bertz CT molecular complexity index is 1250. The van der Waals surface area contributed by atoms with Crippen LogP contribution in [0.15, 0.2) is 24.9 Å². The van der Waals surface area contributed by atoms with Gasteiger partial charge in [0.15, 0.2) is 0 Å². The first-order valence-electron chi connectivity index (χ1n) is 14.1. The van der Waals surface area contributed by atoms with Crippen molar-refractivity contribution in [3.8, 4) is 17.2 Å². The molecule has 37 heavy (non-hydrogen) atoms. The molecule has 3 heterocycles. The van der Waals surface area contributed by atoms with Gasteiger partial charge >= 0.3 is 0 Å². The number of hydrogen-bond acceptors (Lipinski definition) is 5. The van der Waals surface area contributed by atoms with Crippen molar-refractivity contribution in [1.29, 1.82) is 5.26 Å². The molecule has 3 saturated carbocycles. The van der Waals surface area contributed by atoms with Crippen molar-refractivity contribution < 1.29 is 4.79 Å². The predicted octanol–water partition coefficient (Wildman–Crippen LogP) is 5.85. The van der Waals surface area contributed by atoms with E-state index in [-0.39, 0.29) is 6.04 Å². The molecule has 4 aliphatic rings. The summed E-state index contributed by atoms with van der Waals surface area (Å²) < 4.78 is 0. The molecule has 1 aliphatic heterocycles. The second kappa shape index (κ2) is 9.93. The van der Waals surface area contributed by atoms with Gasteiger partial charge in [-0.15, -0.1) is 0 Å². The van der Waals surface area contributed by atoms with Gasteiger partial charge in [0.25, 0.3) is 0 Å². The molecule has 1 saturated heterocycles. The number of aromatic nitrogens is 2. The minimum Gasteiger partial charge on any atom is -0.352 e. The van der Waals surface area contributed by atoms with E-state index in [4.69, 9.17) is 4.98 Å². The number of piperazine rings is 1.